The van der Waals surface area contributed by atoms with E-state index in [-0.39, 0.29) is 24.0 Å². The van der Waals surface area contributed by atoms with Crippen LogP contribution < -0.4 is 5.32 Å². The molecular formula is C14H27N3O2. The topological polar surface area (TPSA) is 55.8 Å². The van der Waals surface area contributed by atoms with Gasteiger partial charge in [-0.3, -0.25) is 9.69 Å². The number of nitrogens with one attached hydrogen (secondary N) is 1. The molecule has 0 spiro atoms. The minimum Gasteiger partial charge on any atom is -0.396 e. The van der Waals surface area contributed by atoms with Gasteiger partial charge in [0.1, 0.15) is 0 Å². The van der Waals surface area contributed by atoms with Gasteiger partial charge >= 0.3 is 0 Å². The number of aliphatic hydroxyl groups excluding tert-OH is 1. The number of carbonyl (C=O) groups excluding carboxylic acids is 1. The largest absolute Gasteiger partial charge is 0.396 e. The maximum atomic E-state index is 12.2. The molecule has 1 atom stereocenters. The number of nitrogens with zero attached hydrogens (tertiary/aromatic N) is 2. The standard InChI is InChI=1S/C14H27N3O2/c1-12(17-8-6-16(2)7-9-17)13(19)15-10-14(11-18)4-3-5-14/h12,18H,3-11H2,1-2H3,(H,15,19). The van der Waals surface area contributed by atoms with Gasteiger partial charge in [-0.15, -0.1) is 0 Å². The fourth-order valence-corrected chi connectivity index (χ4v) is 2.86. The molecule has 1 aliphatic heterocycles. The molecule has 5 heteroatoms. The maximum absolute atomic E-state index is 12.2. The highest BCUT2D eigenvalue weighted by Crippen LogP contribution is 2.39. The Kier molecular flexibility index (Phi) is 4.81. The minimum absolute atomic E-state index is 0.0303. The van der Waals surface area contributed by atoms with E-state index in [4.69, 9.17) is 0 Å². The van der Waals surface area contributed by atoms with Gasteiger partial charge in [0.15, 0.2) is 0 Å². The van der Waals surface area contributed by atoms with E-state index in [1.807, 2.05) is 6.92 Å². The van der Waals surface area contributed by atoms with Crippen LogP contribution in [0.4, 0.5) is 0 Å². The zero-order chi connectivity index (χ0) is 13.9. The van der Waals surface area contributed by atoms with Gasteiger partial charge in [-0.25, -0.2) is 0 Å². The molecule has 19 heavy (non-hydrogen) atoms. The lowest BCUT2D eigenvalue weighted by atomic mass is 9.69. The number of hydrogen-bond acceptors (Lipinski definition) is 4. The van der Waals surface area contributed by atoms with Crippen LogP contribution in [0.15, 0.2) is 0 Å². The van der Waals surface area contributed by atoms with Crippen LogP contribution in [0.5, 0.6) is 0 Å². The highest BCUT2D eigenvalue weighted by molar-refractivity contribution is 5.81. The van der Waals surface area contributed by atoms with E-state index in [2.05, 4.69) is 22.2 Å². The van der Waals surface area contributed by atoms with E-state index in [1.54, 1.807) is 0 Å². The van der Waals surface area contributed by atoms with Crippen LogP contribution >= 0.6 is 0 Å². The van der Waals surface area contributed by atoms with Crippen molar-refractivity contribution in [2.45, 2.75) is 32.2 Å². The lowest BCUT2D eigenvalue weighted by Gasteiger charge is -2.41. The zero-order valence-corrected chi connectivity index (χ0v) is 12.2. The first-order valence-corrected chi connectivity index (χ1v) is 7.37. The van der Waals surface area contributed by atoms with Crippen molar-refractivity contribution in [3.05, 3.63) is 0 Å². The molecule has 0 aromatic rings. The van der Waals surface area contributed by atoms with Crippen molar-refractivity contribution in [3.8, 4) is 0 Å². The Bertz CT molecular complexity index is 304. The number of aliphatic hydroxyl groups is 1. The summed E-state index contributed by atoms with van der Waals surface area (Å²) in [5.74, 6) is 0.101. The number of carbonyl (C=O) groups is 1. The number of hydrogen-bond donors (Lipinski definition) is 2. The predicted molar refractivity (Wildman–Crippen MR) is 74.9 cm³/mol. The third-order valence-corrected chi connectivity index (χ3v) is 4.85. The summed E-state index contributed by atoms with van der Waals surface area (Å²) in [7, 11) is 2.11. The molecule has 2 rings (SSSR count). The zero-order valence-electron chi connectivity index (χ0n) is 12.2. The first kappa shape index (κ1) is 14.8. The van der Waals surface area contributed by atoms with Gasteiger partial charge < -0.3 is 15.3 Å². The Morgan fingerprint density at radius 1 is 1.32 bits per heavy atom. The number of piperazine rings is 1. The third kappa shape index (κ3) is 3.46. The molecule has 110 valence electrons. The van der Waals surface area contributed by atoms with E-state index < -0.39 is 0 Å². The minimum atomic E-state index is -0.0653. The SMILES string of the molecule is CC(C(=O)NCC1(CO)CCC1)N1CCN(C)CC1. The quantitative estimate of drug-likeness (QED) is 0.732. The average Bonchev–Trinajstić information content (AvgIpc) is 2.38. The van der Waals surface area contributed by atoms with Crippen LogP contribution in [0.1, 0.15) is 26.2 Å². The van der Waals surface area contributed by atoms with Gasteiger partial charge in [0.25, 0.3) is 0 Å². The number of likely N-dealkylation sites (N-methyl/N-ethyl adjacent to an activating group) is 1. The predicted octanol–water partition coefficient (Wildman–Crippen LogP) is -0.0989. The van der Waals surface area contributed by atoms with E-state index >= 15 is 0 Å². The molecule has 1 amide bonds. The molecule has 1 heterocycles. The third-order valence-electron chi connectivity index (χ3n) is 4.85. The molecule has 2 fully saturated rings. The second kappa shape index (κ2) is 6.20. The second-order valence-corrected chi connectivity index (χ2v) is 6.24. The van der Waals surface area contributed by atoms with Gasteiger partial charge in [-0.05, 0) is 26.8 Å². The summed E-state index contributed by atoms with van der Waals surface area (Å²) in [6, 6.07) is -0.0653. The van der Waals surface area contributed by atoms with Crippen LogP contribution in [-0.2, 0) is 4.79 Å². The second-order valence-electron chi connectivity index (χ2n) is 6.24. The van der Waals surface area contributed by atoms with E-state index in [0.717, 1.165) is 39.0 Å². The van der Waals surface area contributed by atoms with Gasteiger partial charge in [0.2, 0.25) is 5.91 Å². The van der Waals surface area contributed by atoms with Crippen molar-refractivity contribution >= 4 is 5.91 Å². The maximum Gasteiger partial charge on any atom is 0.237 e. The molecule has 0 bridgehead atoms. The Balaban J connectivity index is 1.76. The van der Waals surface area contributed by atoms with Crippen LogP contribution in [0, 0.1) is 5.41 Å². The first-order valence-electron chi connectivity index (χ1n) is 7.37. The molecule has 5 nitrogen and oxygen atoms in total. The van der Waals surface area contributed by atoms with Gasteiger partial charge in [-0.2, -0.15) is 0 Å². The molecule has 2 aliphatic rings. The molecule has 2 N–H and O–H groups in total. The van der Waals surface area contributed by atoms with E-state index in [1.165, 1.54) is 6.42 Å². The highest BCUT2D eigenvalue weighted by atomic mass is 16.3. The van der Waals surface area contributed by atoms with Crippen molar-refractivity contribution in [1.29, 1.82) is 0 Å². The smallest absolute Gasteiger partial charge is 0.237 e. The fraction of sp³-hybridized carbons (Fsp3) is 0.929. The van der Waals surface area contributed by atoms with Gasteiger partial charge in [0, 0.05) is 38.1 Å². The Labute approximate surface area is 115 Å². The summed E-state index contributed by atoms with van der Waals surface area (Å²) >= 11 is 0. The van der Waals surface area contributed by atoms with Crippen molar-refractivity contribution < 1.29 is 9.90 Å². The molecular weight excluding hydrogens is 242 g/mol. The molecule has 0 aromatic heterocycles. The number of amides is 1. The first-order chi connectivity index (χ1) is 9.06. The molecule has 1 saturated heterocycles. The summed E-state index contributed by atoms with van der Waals surface area (Å²) < 4.78 is 0. The Morgan fingerprint density at radius 3 is 2.42 bits per heavy atom. The Hall–Kier alpha value is -0.650. The fourth-order valence-electron chi connectivity index (χ4n) is 2.86. The summed E-state index contributed by atoms with van der Waals surface area (Å²) in [5, 5.41) is 12.4. The molecule has 1 saturated carbocycles. The summed E-state index contributed by atoms with van der Waals surface area (Å²) in [5.41, 5.74) is -0.0303. The van der Waals surface area contributed by atoms with Crippen LogP contribution in [0.3, 0.4) is 0 Å². The van der Waals surface area contributed by atoms with Crippen LogP contribution in [-0.4, -0.2) is 73.2 Å². The van der Waals surface area contributed by atoms with Gasteiger partial charge in [0.05, 0.1) is 12.6 Å². The molecule has 0 aromatic carbocycles. The lowest BCUT2D eigenvalue weighted by Crippen LogP contribution is -2.54. The van der Waals surface area contributed by atoms with Crippen LogP contribution in [0.25, 0.3) is 0 Å². The highest BCUT2D eigenvalue weighted by Gasteiger charge is 2.37. The summed E-state index contributed by atoms with van der Waals surface area (Å²) in [6.45, 7) is 6.76. The molecule has 1 aliphatic carbocycles. The van der Waals surface area contributed by atoms with Crippen molar-refractivity contribution in [1.82, 2.24) is 15.1 Å². The Morgan fingerprint density at radius 2 is 1.95 bits per heavy atom. The van der Waals surface area contributed by atoms with Crippen LogP contribution in [0.2, 0.25) is 0 Å². The van der Waals surface area contributed by atoms with E-state index in [9.17, 15) is 9.90 Å². The molecule has 1 unspecified atom stereocenters. The lowest BCUT2D eigenvalue weighted by molar-refractivity contribution is -0.127. The summed E-state index contributed by atoms with van der Waals surface area (Å²) in [6.07, 6.45) is 3.24. The average molecular weight is 269 g/mol. The van der Waals surface area contributed by atoms with E-state index in [0.29, 0.717) is 6.54 Å². The van der Waals surface area contributed by atoms with Crippen molar-refractivity contribution in [2.24, 2.45) is 5.41 Å². The van der Waals surface area contributed by atoms with Crippen molar-refractivity contribution in [3.63, 3.8) is 0 Å². The van der Waals surface area contributed by atoms with Gasteiger partial charge in [-0.1, -0.05) is 6.42 Å². The monoisotopic (exact) mass is 269 g/mol. The number of rotatable bonds is 5. The summed E-state index contributed by atoms with van der Waals surface area (Å²) in [4.78, 5) is 16.7. The van der Waals surface area contributed by atoms with Crippen molar-refractivity contribution in [2.75, 3.05) is 46.4 Å². The molecule has 0 radical (unpaired) electrons. The normalized spacial score (nSPS) is 25.6.